The molecule has 12 atom stereocenters. The SMILES string of the molecule is CC(C)O.CC(C)O.C[C@@H]1C[C@H]2c3ccccc3-c3cc4c(cc3[C@@]12O)-c1ccccc1[C@H]1C[C@H](C)[C@@]41O.C[C@@H]1C[C@H]2c3ccccc3-c3cc4c(cc3[C@@]12O)-c1ccccc1[C@H]1C[C@H](C)[C@@]41O. The molecule has 6 aromatic carbocycles. The Morgan fingerprint density at radius 1 is 0.338 bits per heavy atom. The first-order valence-corrected chi connectivity index (χ1v) is 25.4. The number of aliphatic hydroxyl groups excluding tert-OH is 2. The highest BCUT2D eigenvalue weighted by Crippen LogP contribution is 2.69. The minimum atomic E-state index is -0.821. The van der Waals surface area contributed by atoms with E-state index < -0.39 is 22.4 Å². The van der Waals surface area contributed by atoms with Crippen molar-refractivity contribution in [2.45, 2.75) is 139 Å². The smallest absolute Gasteiger partial charge is 0.0996 e. The largest absolute Gasteiger partial charge is 0.394 e. The topological polar surface area (TPSA) is 121 Å². The van der Waals surface area contributed by atoms with Gasteiger partial charge < -0.3 is 30.6 Å². The number of hydrogen-bond acceptors (Lipinski definition) is 6. The number of aliphatic hydroxyl groups is 6. The van der Waals surface area contributed by atoms with Crippen LogP contribution in [0.2, 0.25) is 0 Å². The zero-order valence-corrected chi connectivity index (χ0v) is 40.8. The van der Waals surface area contributed by atoms with Crippen LogP contribution in [0.4, 0.5) is 0 Å². The summed E-state index contributed by atoms with van der Waals surface area (Å²) in [5.41, 5.74) is 15.3. The second kappa shape index (κ2) is 15.8. The van der Waals surface area contributed by atoms with Gasteiger partial charge in [-0.05, 0) is 190 Å². The Hall–Kier alpha value is -4.92. The fourth-order valence-corrected chi connectivity index (χ4v) is 14.5. The monoisotopic (exact) mass is 909 g/mol. The Morgan fingerprint density at radius 3 is 0.691 bits per heavy atom. The lowest BCUT2D eigenvalue weighted by Gasteiger charge is -2.58. The molecule has 8 aliphatic rings. The van der Waals surface area contributed by atoms with Gasteiger partial charge in [0.2, 0.25) is 0 Å². The van der Waals surface area contributed by atoms with Gasteiger partial charge in [-0.25, -0.2) is 0 Å². The summed E-state index contributed by atoms with van der Waals surface area (Å²) in [6, 6.07) is 43.0. The lowest BCUT2D eigenvalue weighted by Crippen LogP contribution is -2.53. The molecule has 6 nitrogen and oxygen atoms in total. The molecular weight excluding hydrogens is 841 g/mol. The summed E-state index contributed by atoms with van der Waals surface area (Å²) in [6.45, 7) is 15.6. The maximum atomic E-state index is 11.9. The lowest BCUT2D eigenvalue weighted by atomic mass is 9.49. The maximum Gasteiger partial charge on any atom is 0.0996 e. The fraction of sp³-hybridized carbons (Fsp3) is 0.419. The highest BCUT2D eigenvalue weighted by Gasteiger charge is 2.62. The lowest BCUT2D eigenvalue weighted by molar-refractivity contribution is -0.121. The highest BCUT2D eigenvalue weighted by molar-refractivity contribution is 5.87. The first-order chi connectivity index (χ1) is 32.4. The van der Waals surface area contributed by atoms with E-state index >= 15 is 0 Å². The molecule has 0 radical (unpaired) electrons. The van der Waals surface area contributed by atoms with Gasteiger partial charge in [-0.3, -0.25) is 0 Å². The van der Waals surface area contributed by atoms with E-state index in [9.17, 15) is 20.4 Å². The Bertz CT molecular complexity index is 2590. The molecule has 6 N–H and O–H groups in total. The van der Waals surface area contributed by atoms with Gasteiger partial charge in [0.15, 0.2) is 0 Å². The van der Waals surface area contributed by atoms with Crippen LogP contribution in [0, 0.1) is 23.7 Å². The number of fused-ring (bicyclic) bond motifs is 24. The van der Waals surface area contributed by atoms with E-state index in [1.165, 1.54) is 44.5 Å². The molecule has 0 aromatic heterocycles. The third-order valence-electron chi connectivity index (χ3n) is 18.0. The highest BCUT2D eigenvalue weighted by atomic mass is 16.3. The normalized spacial score (nSPS) is 33.4. The molecular formula is C62H68O6. The number of benzene rings is 6. The third kappa shape index (κ3) is 6.04. The number of rotatable bonds is 0. The van der Waals surface area contributed by atoms with Crippen molar-refractivity contribution in [3.8, 4) is 44.5 Å². The summed E-state index contributed by atoms with van der Waals surface area (Å²) in [6.07, 6.45) is 3.74. The van der Waals surface area contributed by atoms with E-state index in [2.05, 4.69) is 149 Å². The van der Waals surface area contributed by atoms with Gasteiger partial charge in [0, 0.05) is 35.9 Å². The van der Waals surface area contributed by atoms with Crippen molar-refractivity contribution in [3.63, 3.8) is 0 Å². The molecule has 4 fully saturated rings. The molecule has 4 saturated carbocycles. The van der Waals surface area contributed by atoms with Crippen LogP contribution in [0.1, 0.15) is 149 Å². The second-order valence-electron chi connectivity index (χ2n) is 22.5. The first kappa shape index (κ1) is 45.5. The Balaban J connectivity index is 0.000000129. The van der Waals surface area contributed by atoms with Gasteiger partial charge >= 0.3 is 0 Å². The molecule has 8 aliphatic carbocycles. The van der Waals surface area contributed by atoms with Crippen molar-refractivity contribution in [1.82, 2.24) is 0 Å². The van der Waals surface area contributed by atoms with Crippen LogP contribution < -0.4 is 0 Å². The van der Waals surface area contributed by atoms with E-state index in [0.717, 1.165) is 70.2 Å². The van der Waals surface area contributed by atoms with Crippen LogP contribution in [0.25, 0.3) is 44.5 Å². The molecule has 0 amide bonds. The minimum absolute atomic E-state index is 0.159. The second-order valence-corrected chi connectivity index (χ2v) is 22.5. The summed E-state index contributed by atoms with van der Waals surface area (Å²) in [5, 5.41) is 63.8. The molecule has 0 bridgehead atoms. The Kier molecular flexibility index (Phi) is 10.6. The molecule has 0 heterocycles. The summed E-state index contributed by atoms with van der Waals surface area (Å²) in [7, 11) is 0. The molecule has 0 spiro atoms. The summed E-state index contributed by atoms with van der Waals surface area (Å²) in [5.74, 6) is 1.54. The van der Waals surface area contributed by atoms with Crippen LogP contribution in [0.3, 0.4) is 0 Å². The van der Waals surface area contributed by atoms with Crippen molar-refractivity contribution < 1.29 is 30.6 Å². The van der Waals surface area contributed by atoms with E-state index in [-0.39, 0.29) is 59.6 Å². The van der Waals surface area contributed by atoms with Crippen molar-refractivity contribution in [2.75, 3.05) is 0 Å². The van der Waals surface area contributed by atoms with Crippen LogP contribution in [-0.2, 0) is 22.4 Å². The van der Waals surface area contributed by atoms with E-state index in [0.29, 0.717) is 0 Å². The van der Waals surface area contributed by atoms with Gasteiger partial charge in [0.25, 0.3) is 0 Å². The standard InChI is InChI=1S/2C28H26O2.2C3H8O/c2*1-15-11-23-19-9-5-3-7-17(19)21-14-26-22(13-25(21)27(15,23)29)18-8-4-6-10-20(18)24-12-16(2)28(24,26)30;2*1-3(2)4/h2*3-10,13-16,23-24,29-30H,11-12H2,1-2H3;2*3-4H,1-2H3/t2*15-,16+,23+,24-,27-,28+;;. The molecule has 6 aromatic rings. The summed E-state index contributed by atoms with van der Waals surface area (Å²) in [4.78, 5) is 0. The third-order valence-corrected chi connectivity index (χ3v) is 18.0. The van der Waals surface area contributed by atoms with E-state index in [1.807, 2.05) is 0 Å². The van der Waals surface area contributed by atoms with E-state index in [4.69, 9.17) is 10.2 Å². The predicted octanol–water partition coefficient (Wildman–Crippen LogP) is 12.1. The van der Waals surface area contributed by atoms with Crippen LogP contribution in [0.5, 0.6) is 0 Å². The van der Waals surface area contributed by atoms with Crippen LogP contribution in [-0.4, -0.2) is 42.8 Å². The number of hydrogen-bond donors (Lipinski definition) is 6. The van der Waals surface area contributed by atoms with Gasteiger partial charge in [-0.15, -0.1) is 0 Å². The van der Waals surface area contributed by atoms with Gasteiger partial charge in [0.1, 0.15) is 0 Å². The minimum Gasteiger partial charge on any atom is -0.394 e. The fourth-order valence-electron chi connectivity index (χ4n) is 14.5. The molecule has 0 unspecified atom stereocenters. The van der Waals surface area contributed by atoms with Crippen LogP contribution >= 0.6 is 0 Å². The zero-order valence-electron chi connectivity index (χ0n) is 40.8. The molecule has 68 heavy (non-hydrogen) atoms. The Morgan fingerprint density at radius 2 is 0.515 bits per heavy atom. The maximum absolute atomic E-state index is 11.9. The van der Waals surface area contributed by atoms with Gasteiger partial charge in [-0.2, -0.15) is 0 Å². The van der Waals surface area contributed by atoms with Crippen molar-refractivity contribution in [2.24, 2.45) is 23.7 Å². The first-order valence-electron chi connectivity index (χ1n) is 25.4. The molecule has 14 rings (SSSR count). The van der Waals surface area contributed by atoms with Gasteiger partial charge in [0.05, 0.1) is 22.4 Å². The predicted molar refractivity (Wildman–Crippen MR) is 271 cm³/mol. The zero-order chi connectivity index (χ0) is 48.0. The van der Waals surface area contributed by atoms with Gasteiger partial charge in [-0.1, -0.05) is 125 Å². The summed E-state index contributed by atoms with van der Waals surface area (Å²) < 4.78 is 0. The Labute approximate surface area is 402 Å². The average Bonchev–Trinajstić information content (AvgIpc) is 3.32. The van der Waals surface area contributed by atoms with Crippen LogP contribution in [0.15, 0.2) is 121 Å². The quantitative estimate of drug-likeness (QED) is 0.0903. The molecule has 6 heteroatoms. The molecule has 0 saturated heterocycles. The molecule has 0 aliphatic heterocycles. The molecule has 352 valence electrons. The van der Waals surface area contributed by atoms with Crippen molar-refractivity contribution in [1.29, 1.82) is 0 Å². The van der Waals surface area contributed by atoms with Crippen molar-refractivity contribution in [3.05, 3.63) is 166 Å². The van der Waals surface area contributed by atoms with Crippen molar-refractivity contribution >= 4 is 0 Å². The van der Waals surface area contributed by atoms with E-state index in [1.54, 1.807) is 27.7 Å². The average molecular weight is 909 g/mol. The summed E-state index contributed by atoms with van der Waals surface area (Å²) >= 11 is 0.